The maximum atomic E-state index is 5.86. The molecule has 3 heteroatoms. The normalized spacial score (nSPS) is 12.1. The Hall–Kier alpha value is -1.87. The van der Waals surface area contributed by atoms with Gasteiger partial charge in [-0.15, -0.1) is 0 Å². The van der Waals surface area contributed by atoms with Crippen molar-refractivity contribution in [3.63, 3.8) is 0 Å². The van der Waals surface area contributed by atoms with E-state index in [0.717, 1.165) is 12.2 Å². The lowest BCUT2D eigenvalue weighted by atomic mass is 10.0. The third-order valence-corrected chi connectivity index (χ3v) is 3.22. The van der Waals surface area contributed by atoms with Crippen LogP contribution >= 0.6 is 0 Å². The van der Waals surface area contributed by atoms with Crippen LogP contribution in [0.1, 0.15) is 24.0 Å². The fourth-order valence-corrected chi connectivity index (χ4v) is 1.99. The Kier molecular flexibility index (Phi) is 4.93. The Morgan fingerprint density at radius 1 is 1.21 bits per heavy atom. The Labute approximate surface area is 114 Å². The summed E-state index contributed by atoms with van der Waals surface area (Å²) in [4.78, 5) is 4.02. The largest absolute Gasteiger partial charge is 0.493 e. The molecule has 0 saturated heterocycles. The van der Waals surface area contributed by atoms with Gasteiger partial charge in [-0.2, -0.15) is 0 Å². The predicted molar refractivity (Wildman–Crippen MR) is 77.3 cm³/mol. The second-order valence-electron chi connectivity index (χ2n) is 4.53. The van der Waals surface area contributed by atoms with Gasteiger partial charge in [0.05, 0.1) is 6.61 Å². The summed E-state index contributed by atoms with van der Waals surface area (Å²) in [5.74, 6) is 1.11. The van der Waals surface area contributed by atoms with Gasteiger partial charge in [-0.1, -0.05) is 19.1 Å². The van der Waals surface area contributed by atoms with Crippen molar-refractivity contribution < 1.29 is 4.74 Å². The number of pyridine rings is 1. The molecule has 0 radical (unpaired) electrons. The first-order chi connectivity index (χ1) is 9.33. The minimum atomic E-state index is 0.202. The zero-order valence-corrected chi connectivity index (χ0v) is 11.3. The number of aromatic nitrogens is 1. The zero-order chi connectivity index (χ0) is 13.5. The monoisotopic (exact) mass is 256 g/mol. The number of hydrogen-bond acceptors (Lipinski definition) is 3. The fourth-order valence-electron chi connectivity index (χ4n) is 1.99. The van der Waals surface area contributed by atoms with E-state index in [1.165, 1.54) is 11.1 Å². The van der Waals surface area contributed by atoms with Crippen molar-refractivity contribution in [1.29, 1.82) is 0 Å². The lowest BCUT2D eigenvalue weighted by molar-refractivity contribution is 0.290. The molecule has 2 N–H and O–H groups in total. The highest BCUT2D eigenvalue weighted by Crippen LogP contribution is 2.18. The van der Waals surface area contributed by atoms with Crippen LogP contribution in [0.5, 0.6) is 5.75 Å². The highest BCUT2D eigenvalue weighted by Gasteiger charge is 2.10. The van der Waals surface area contributed by atoms with Gasteiger partial charge in [0.15, 0.2) is 0 Å². The molecule has 100 valence electrons. The van der Waals surface area contributed by atoms with Crippen LogP contribution in [0, 0.1) is 0 Å². The first-order valence-corrected chi connectivity index (χ1v) is 6.65. The molecule has 1 aromatic carbocycles. The molecule has 19 heavy (non-hydrogen) atoms. The van der Waals surface area contributed by atoms with Gasteiger partial charge in [0.1, 0.15) is 5.75 Å². The lowest BCUT2D eigenvalue weighted by Crippen LogP contribution is -2.19. The minimum Gasteiger partial charge on any atom is -0.493 e. The quantitative estimate of drug-likeness (QED) is 0.864. The number of aryl methyl sites for hydroxylation is 1. The second-order valence-corrected chi connectivity index (χ2v) is 4.53. The van der Waals surface area contributed by atoms with Crippen LogP contribution in [0.25, 0.3) is 0 Å². The summed E-state index contributed by atoms with van der Waals surface area (Å²) < 4.78 is 5.86. The number of ether oxygens (including phenoxy) is 1. The fraction of sp³-hybridized carbons (Fsp3) is 0.312. The first-order valence-electron chi connectivity index (χ1n) is 6.65. The summed E-state index contributed by atoms with van der Waals surface area (Å²) in [6.07, 6.45) is 4.59. The molecule has 0 aliphatic rings. The molecule has 0 aliphatic carbocycles. The van der Waals surface area contributed by atoms with Crippen LogP contribution in [0.2, 0.25) is 0 Å². The van der Waals surface area contributed by atoms with E-state index >= 15 is 0 Å². The van der Waals surface area contributed by atoms with Gasteiger partial charge in [0.25, 0.3) is 0 Å². The van der Waals surface area contributed by atoms with E-state index in [1.807, 2.05) is 24.3 Å². The van der Waals surface area contributed by atoms with Crippen molar-refractivity contribution >= 4 is 0 Å². The molecular formula is C16H20N2O. The van der Waals surface area contributed by atoms with Crippen LogP contribution in [0.15, 0.2) is 48.8 Å². The van der Waals surface area contributed by atoms with Crippen molar-refractivity contribution in [2.45, 2.75) is 19.3 Å². The van der Waals surface area contributed by atoms with Crippen LogP contribution < -0.4 is 10.5 Å². The van der Waals surface area contributed by atoms with E-state index in [0.29, 0.717) is 13.2 Å². The Balaban J connectivity index is 2.00. The number of benzene rings is 1. The van der Waals surface area contributed by atoms with Gasteiger partial charge in [0.2, 0.25) is 0 Å². The lowest BCUT2D eigenvalue weighted by Gasteiger charge is -2.16. The number of hydrogen-bond donors (Lipinski definition) is 1. The molecule has 0 fully saturated rings. The van der Waals surface area contributed by atoms with Crippen molar-refractivity contribution in [3.05, 3.63) is 59.9 Å². The van der Waals surface area contributed by atoms with Gasteiger partial charge in [-0.05, 0) is 41.8 Å². The minimum absolute atomic E-state index is 0.202. The average Bonchev–Trinajstić information content (AvgIpc) is 2.49. The average molecular weight is 256 g/mol. The summed E-state index contributed by atoms with van der Waals surface area (Å²) >= 11 is 0. The van der Waals surface area contributed by atoms with E-state index in [1.54, 1.807) is 12.4 Å². The number of rotatable bonds is 6. The van der Waals surface area contributed by atoms with Gasteiger partial charge in [0, 0.05) is 24.9 Å². The highest BCUT2D eigenvalue weighted by molar-refractivity contribution is 5.28. The molecule has 0 saturated carbocycles. The molecule has 1 aromatic heterocycles. The summed E-state index contributed by atoms with van der Waals surface area (Å²) in [6, 6.07) is 12.2. The predicted octanol–water partition coefficient (Wildman–Crippen LogP) is 2.77. The molecule has 0 spiro atoms. The van der Waals surface area contributed by atoms with Gasteiger partial charge in [-0.3, -0.25) is 4.98 Å². The molecule has 1 atom stereocenters. The van der Waals surface area contributed by atoms with E-state index < -0.39 is 0 Å². The van der Waals surface area contributed by atoms with Crippen LogP contribution in [-0.2, 0) is 6.42 Å². The topological polar surface area (TPSA) is 48.1 Å². The van der Waals surface area contributed by atoms with E-state index in [9.17, 15) is 0 Å². The standard InChI is InChI=1S/C16H20N2O/c1-2-13-4-3-5-16(10-13)19-12-15(11-17)14-6-8-18-9-7-14/h3-10,15H,2,11-12,17H2,1H3. The number of nitrogens with two attached hydrogens (primary N) is 1. The third kappa shape index (κ3) is 3.80. The van der Waals surface area contributed by atoms with Gasteiger partial charge >= 0.3 is 0 Å². The molecule has 2 aromatic rings. The molecule has 0 aliphatic heterocycles. The maximum Gasteiger partial charge on any atom is 0.119 e. The van der Waals surface area contributed by atoms with Crippen molar-refractivity contribution in [2.24, 2.45) is 5.73 Å². The Morgan fingerprint density at radius 3 is 2.68 bits per heavy atom. The Morgan fingerprint density at radius 2 is 2.00 bits per heavy atom. The van der Waals surface area contributed by atoms with Gasteiger partial charge in [-0.25, -0.2) is 0 Å². The smallest absolute Gasteiger partial charge is 0.119 e. The summed E-state index contributed by atoms with van der Waals surface area (Å²) in [5.41, 5.74) is 8.28. The summed E-state index contributed by atoms with van der Waals surface area (Å²) in [6.45, 7) is 3.30. The van der Waals surface area contributed by atoms with Crippen LogP contribution in [0.3, 0.4) is 0 Å². The van der Waals surface area contributed by atoms with Crippen molar-refractivity contribution in [3.8, 4) is 5.75 Å². The molecule has 1 heterocycles. The molecule has 0 amide bonds. The van der Waals surface area contributed by atoms with Gasteiger partial charge < -0.3 is 10.5 Å². The van der Waals surface area contributed by atoms with E-state index in [-0.39, 0.29) is 5.92 Å². The first kappa shape index (κ1) is 13.6. The van der Waals surface area contributed by atoms with E-state index in [2.05, 4.69) is 24.0 Å². The van der Waals surface area contributed by atoms with Crippen LogP contribution in [0.4, 0.5) is 0 Å². The Bertz CT molecular complexity index is 499. The SMILES string of the molecule is CCc1cccc(OCC(CN)c2ccncc2)c1. The molecule has 2 rings (SSSR count). The van der Waals surface area contributed by atoms with E-state index in [4.69, 9.17) is 10.5 Å². The zero-order valence-electron chi connectivity index (χ0n) is 11.3. The summed E-state index contributed by atoms with van der Waals surface area (Å²) in [7, 11) is 0. The van der Waals surface area contributed by atoms with Crippen molar-refractivity contribution in [2.75, 3.05) is 13.2 Å². The second kappa shape index (κ2) is 6.90. The molecular weight excluding hydrogens is 236 g/mol. The van der Waals surface area contributed by atoms with Crippen molar-refractivity contribution in [1.82, 2.24) is 4.98 Å². The third-order valence-electron chi connectivity index (χ3n) is 3.22. The molecule has 0 bridgehead atoms. The van der Waals surface area contributed by atoms with Crippen LogP contribution in [-0.4, -0.2) is 18.1 Å². The number of nitrogens with zero attached hydrogens (tertiary/aromatic N) is 1. The highest BCUT2D eigenvalue weighted by atomic mass is 16.5. The maximum absolute atomic E-state index is 5.86. The summed E-state index contributed by atoms with van der Waals surface area (Å²) in [5, 5.41) is 0. The molecule has 3 nitrogen and oxygen atoms in total. The molecule has 1 unspecified atom stereocenters.